The number of halogens is 2. The number of para-hydroxylation sites is 1. The first kappa shape index (κ1) is 43.0. The number of rotatable bonds is 12. The van der Waals surface area contributed by atoms with Crippen molar-refractivity contribution in [2.75, 3.05) is 69.7 Å². The summed E-state index contributed by atoms with van der Waals surface area (Å²) in [5.74, 6) is 0.109. The molecule has 2 saturated carbocycles. The Morgan fingerprint density at radius 1 is 1.03 bits per heavy atom. The smallest absolute Gasteiger partial charge is 0.329 e. The van der Waals surface area contributed by atoms with E-state index in [0.29, 0.717) is 30.1 Å². The van der Waals surface area contributed by atoms with Crippen molar-refractivity contribution in [1.82, 2.24) is 48.6 Å². The maximum absolute atomic E-state index is 14.4. The molecule has 8 heterocycles. The highest BCUT2D eigenvalue weighted by Gasteiger charge is 2.48. The number of imidazole rings is 1. The summed E-state index contributed by atoms with van der Waals surface area (Å²) < 4.78 is 47.0. The Hall–Kier alpha value is -5.57. The van der Waals surface area contributed by atoms with Crippen LogP contribution in [0.2, 0.25) is 0 Å². The number of piperidine rings is 1. The van der Waals surface area contributed by atoms with E-state index >= 15 is 0 Å². The van der Waals surface area contributed by atoms with Gasteiger partial charge in [0.05, 0.1) is 53.3 Å². The molecule has 18 nitrogen and oxygen atoms in total. The van der Waals surface area contributed by atoms with Gasteiger partial charge in [-0.3, -0.25) is 38.4 Å². The van der Waals surface area contributed by atoms with E-state index < -0.39 is 30.0 Å². The van der Waals surface area contributed by atoms with E-state index in [0.717, 1.165) is 108 Å². The van der Waals surface area contributed by atoms with Crippen LogP contribution in [0.1, 0.15) is 104 Å². The largest absolute Gasteiger partial charge is 0.377 e. The van der Waals surface area contributed by atoms with Crippen LogP contribution < -0.4 is 21.2 Å². The second-order valence-corrected chi connectivity index (χ2v) is 19.4. The number of imide groups is 1. The number of nitrogens with one attached hydrogen (secondary N) is 2. The minimum atomic E-state index is -2.86. The topological polar surface area (TPSA) is 178 Å². The van der Waals surface area contributed by atoms with Crippen LogP contribution in [0.25, 0.3) is 16.7 Å². The Balaban J connectivity index is 0.668. The number of carbonyl (C=O) groups is 3. The average Bonchev–Trinajstić information content (AvgIpc) is 4.16. The lowest BCUT2D eigenvalue weighted by Crippen LogP contribution is -2.57. The van der Waals surface area contributed by atoms with Gasteiger partial charge in [-0.2, -0.15) is 10.2 Å². The van der Waals surface area contributed by atoms with E-state index in [2.05, 4.69) is 41.6 Å². The molecule has 3 amide bonds. The molecule has 2 aliphatic carbocycles. The molecule has 2 N–H and O–H groups in total. The summed E-state index contributed by atoms with van der Waals surface area (Å²) in [6.45, 7) is 6.97. The zero-order valence-corrected chi connectivity index (χ0v) is 37.3. The number of piperazine rings is 1. The fourth-order valence-corrected chi connectivity index (χ4v) is 11.8. The molecule has 20 heteroatoms. The van der Waals surface area contributed by atoms with Crippen molar-refractivity contribution in [1.29, 1.82) is 0 Å². The lowest BCUT2D eigenvalue weighted by Gasteiger charge is -2.50. The van der Waals surface area contributed by atoms with E-state index in [1.807, 2.05) is 18.2 Å². The molecule has 66 heavy (non-hydrogen) atoms. The van der Waals surface area contributed by atoms with E-state index in [1.165, 1.54) is 10.7 Å². The summed E-state index contributed by atoms with van der Waals surface area (Å²) in [4.78, 5) is 63.7. The average molecular weight is 911 g/mol. The van der Waals surface area contributed by atoms with Crippen molar-refractivity contribution in [3.05, 3.63) is 70.2 Å². The number of fused-ring (bicyclic) bond motifs is 4. The number of ether oxygens (including phenoxy) is 2. The van der Waals surface area contributed by atoms with Crippen LogP contribution in [0.3, 0.4) is 0 Å². The Kier molecular flexibility index (Phi) is 11.0. The van der Waals surface area contributed by atoms with Crippen LogP contribution in [-0.2, 0) is 26.1 Å². The quantitative estimate of drug-likeness (QED) is 0.172. The summed E-state index contributed by atoms with van der Waals surface area (Å²) in [6, 6.07) is 7.25. The highest BCUT2D eigenvalue weighted by atomic mass is 19.3. The molecule has 0 spiro atoms. The van der Waals surface area contributed by atoms with E-state index in [-0.39, 0.29) is 59.0 Å². The molecule has 0 radical (unpaired) electrons. The monoisotopic (exact) mass is 910 g/mol. The van der Waals surface area contributed by atoms with Gasteiger partial charge in [-0.15, -0.1) is 0 Å². The fourth-order valence-electron chi connectivity index (χ4n) is 11.8. The predicted octanol–water partition coefficient (Wildman–Crippen LogP) is 4.04. The third kappa shape index (κ3) is 7.68. The summed E-state index contributed by atoms with van der Waals surface area (Å²) in [5, 5.41) is 13.7. The minimum absolute atomic E-state index is 0.00165. The molecule has 3 atom stereocenters. The van der Waals surface area contributed by atoms with Gasteiger partial charge < -0.3 is 24.6 Å². The minimum Gasteiger partial charge on any atom is -0.377 e. The summed E-state index contributed by atoms with van der Waals surface area (Å²) >= 11 is 0. The number of hydrogen-bond acceptors (Lipinski definition) is 12. The highest BCUT2D eigenvalue weighted by molar-refractivity contribution is 6.08. The number of amides is 3. The van der Waals surface area contributed by atoms with Gasteiger partial charge in [-0.25, -0.2) is 23.1 Å². The number of alkyl halides is 2. The maximum atomic E-state index is 14.4. The number of hydrogen-bond donors (Lipinski definition) is 2. The van der Waals surface area contributed by atoms with Gasteiger partial charge in [0.1, 0.15) is 17.4 Å². The molecule has 350 valence electrons. The third-order valence-corrected chi connectivity index (χ3v) is 15.5. The normalized spacial score (nSPS) is 28.5. The van der Waals surface area contributed by atoms with Gasteiger partial charge in [-0.1, -0.05) is 12.1 Å². The Labute approximate surface area is 379 Å². The lowest BCUT2D eigenvalue weighted by molar-refractivity contribution is -0.135. The van der Waals surface area contributed by atoms with Crippen LogP contribution in [0.5, 0.6) is 0 Å². The number of benzene rings is 1. The molecule has 4 aliphatic heterocycles. The van der Waals surface area contributed by atoms with Crippen molar-refractivity contribution in [2.24, 2.45) is 13.0 Å². The Morgan fingerprint density at radius 3 is 2.53 bits per heavy atom. The molecular weight excluding hydrogens is 855 g/mol. The lowest BCUT2D eigenvalue weighted by atomic mass is 9.67. The SMILES string of the molecule is COC1(CN2CCN(CC3CCC(n4cc(NC(=O)c5cnn6ccc(N7C[C@H]8C[C@@H]7CO8)nc56)c(C(F)F)n4)CC3)CC2)CC(c2cccc3c2n(C)c(=O)n3C2CCC(=O)NC2=O)C1. The number of aromatic nitrogens is 7. The molecule has 1 unspecified atom stereocenters. The van der Waals surface area contributed by atoms with Gasteiger partial charge in [0.2, 0.25) is 11.8 Å². The van der Waals surface area contributed by atoms with Crippen LogP contribution in [-0.4, -0.2) is 138 Å². The molecule has 6 fully saturated rings. The van der Waals surface area contributed by atoms with Crippen molar-refractivity contribution in [2.45, 2.75) is 100.0 Å². The van der Waals surface area contributed by atoms with Gasteiger partial charge in [0, 0.05) is 78.8 Å². The number of aryl methyl sites for hydroxylation is 1. The van der Waals surface area contributed by atoms with E-state index in [9.17, 15) is 28.0 Å². The molecule has 11 rings (SSSR count). The van der Waals surface area contributed by atoms with Crippen molar-refractivity contribution in [3.8, 4) is 0 Å². The molecule has 1 aromatic carbocycles. The Morgan fingerprint density at radius 2 is 1.82 bits per heavy atom. The summed E-state index contributed by atoms with van der Waals surface area (Å²) in [7, 11) is 3.54. The van der Waals surface area contributed by atoms with Crippen molar-refractivity contribution < 1.29 is 32.6 Å². The van der Waals surface area contributed by atoms with Crippen LogP contribution in [0, 0.1) is 5.92 Å². The van der Waals surface area contributed by atoms with Gasteiger partial charge >= 0.3 is 5.69 Å². The van der Waals surface area contributed by atoms with Gasteiger partial charge in [0.15, 0.2) is 11.3 Å². The molecule has 4 aromatic heterocycles. The summed E-state index contributed by atoms with van der Waals surface area (Å²) in [6.07, 6.45) is 8.67. The zero-order valence-electron chi connectivity index (χ0n) is 37.3. The number of morpholine rings is 1. The number of carbonyl (C=O) groups excluding carboxylic acids is 3. The van der Waals surface area contributed by atoms with Crippen molar-refractivity contribution >= 4 is 45.9 Å². The number of methoxy groups -OCH3 is 1. The standard InChI is InChI=1S/C46H56F2N12O6/c1-54-40-32(4-3-5-35(40)60(45(54)64)36-10-11-38(61)52-44(36)63)28-19-46(20-28,65-2)26-56-16-14-55(15-17-56)22-27-6-8-29(9-7-27)59-24-34(39(53-59)41(47)48)50-43(62)33-21-49-58-13-12-37(51-42(33)58)57-23-31-18-30(57)25-66-31/h3-5,12-13,21,24,27-31,36,41H,6-11,14-20,22-23,25-26H2,1-2H3,(H,50,62)(H,52,61,63)/t27?,28?,29?,30-,31-,36?,46?/m1/s1. The first-order chi connectivity index (χ1) is 31.9. The van der Waals surface area contributed by atoms with Crippen molar-refractivity contribution in [3.63, 3.8) is 0 Å². The van der Waals surface area contributed by atoms with Crippen LogP contribution in [0.15, 0.2) is 47.7 Å². The number of nitrogens with zero attached hydrogens (tertiary/aromatic N) is 10. The Bertz CT molecular complexity index is 2740. The molecule has 5 aromatic rings. The summed E-state index contributed by atoms with van der Waals surface area (Å²) in [5.41, 5.74) is 2.16. The van der Waals surface area contributed by atoms with E-state index in [1.54, 1.807) is 40.4 Å². The van der Waals surface area contributed by atoms with E-state index in [4.69, 9.17) is 14.5 Å². The zero-order chi connectivity index (χ0) is 45.4. The van der Waals surface area contributed by atoms with Gasteiger partial charge in [-0.05, 0) is 80.9 Å². The second kappa shape index (κ2) is 16.9. The number of anilines is 2. The fraction of sp³-hybridized carbons (Fsp3) is 0.587. The first-order valence-electron chi connectivity index (χ1n) is 23.4. The predicted molar refractivity (Wildman–Crippen MR) is 238 cm³/mol. The molecule has 6 aliphatic rings. The molecule has 4 saturated heterocycles. The first-order valence-corrected chi connectivity index (χ1v) is 23.4. The molecular formula is C46H56F2N12O6. The van der Waals surface area contributed by atoms with Gasteiger partial charge in [0.25, 0.3) is 12.3 Å². The maximum Gasteiger partial charge on any atom is 0.329 e. The highest BCUT2D eigenvalue weighted by Crippen LogP contribution is 2.49. The molecule has 2 bridgehead atoms. The van der Waals surface area contributed by atoms with Crippen LogP contribution >= 0.6 is 0 Å². The van der Waals surface area contributed by atoms with Crippen LogP contribution in [0.4, 0.5) is 20.3 Å². The third-order valence-electron chi connectivity index (χ3n) is 15.5. The second-order valence-electron chi connectivity index (χ2n) is 19.4.